The van der Waals surface area contributed by atoms with Crippen molar-refractivity contribution in [2.75, 3.05) is 14.2 Å². The summed E-state index contributed by atoms with van der Waals surface area (Å²) >= 11 is 10.5. The van der Waals surface area contributed by atoms with E-state index >= 15 is 0 Å². The Hall–Kier alpha value is -0.326. The monoisotopic (exact) mass is 390 g/mol. The molecule has 0 bridgehead atoms. The Labute approximate surface area is 145 Å². The zero-order valence-electron chi connectivity index (χ0n) is 12.8. The van der Waals surface area contributed by atoms with Crippen molar-refractivity contribution in [3.8, 4) is 0 Å². The number of ketones is 4. The minimum atomic E-state index is -0.935. The number of aliphatic hydroxyl groups excluding tert-OH is 2. The summed E-state index contributed by atoms with van der Waals surface area (Å²) in [7, 11) is 2.00. The Kier molecular flexibility index (Phi) is 34.1. The van der Waals surface area contributed by atoms with Gasteiger partial charge in [0.2, 0.25) is 0 Å². The number of carbonyl (C=O) groups excluding carboxylic acids is 4. The number of aliphatic hydroxyl groups is 2. The Morgan fingerprint density at radius 2 is 0.714 bits per heavy atom. The predicted octanol–water partition coefficient (Wildman–Crippen LogP) is 0.758. The summed E-state index contributed by atoms with van der Waals surface area (Å²) in [5, 5.41) is 12.1. The summed E-state index contributed by atoms with van der Waals surface area (Å²) in [6, 6.07) is 0. The molecular weight excluding hydrogens is 370 g/mol. The molecule has 0 aromatic rings. The number of hydrogen-bond donors (Lipinski definition) is 2. The molecule has 9 heteroatoms. The van der Waals surface area contributed by atoms with Gasteiger partial charge in [0.25, 0.3) is 0 Å². The molecule has 0 aliphatic carbocycles. The van der Waals surface area contributed by atoms with E-state index in [1.807, 2.05) is 0 Å². The molecule has 0 aliphatic heterocycles. The molecule has 0 fully saturated rings. The third kappa shape index (κ3) is 25.0. The molecule has 2 N–H and O–H groups in total. The van der Waals surface area contributed by atoms with Crippen molar-refractivity contribution in [1.29, 1.82) is 0 Å². The van der Waals surface area contributed by atoms with Crippen LogP contribution < -0.4 is 0 Å². The van der Waals surface area contributed by atoms with Crippen molar-refractivity contribution in [3.63, 3.8) is 0 Å². The maximum absolute atomic E-state index is 10.2. The van der Waals surface area contributed by atoms with Crippen LogP contribution >= 0.6 is 23.2 Å². The molecule has 0 unspecified atom stereocenters. The predicted molar refractivity (Wildman–Crippen MR) is 78.3 cm³/mol. The molecule has 0 heterocycles. The van der Waals surface area contributed by atoms with E-state index in [2.05, 4.69) is 0 Å². The number of halogens is 2. The summed E-state index contributed by atoms with van der Waals surface area (Å²) in [5.74, 6) is -1.17. The van der Waals surface area contributed by atoms with Gasteiger partial charge in [0.05, 0.1) is 0 Å². The maximum Gasteiger partial charge on any atom is 0.155 e. The van der Waals surface area contributed by atoms with Crippen LogP contribution in [0.4, 0.5) is 0 Å². The van der Waals surface area contributed by atoms with Gasteiger partial charge in [0.15, 0.2) is 23.1 Å². The van der Waals surface area contributed by atoms with Gasteiger partial charge in [-0.15, -0.1) is 23.2 Å². The number of hydrogen-bond acceptors (Lipinski definition) is 6. The van der Waals surface area contributed by atoms with E-state index in [9.17, 15) is 19.2 Å². The summed E-state index contributed by atoms with van der Waals surface area (Å²) in [6.45, 7) is 5.16. The molecule has 0 aliphatic rings. The van der Waals surface area contributed by atoms with E-state index in [4.69, 9.17) is 33.4 Å². The van der Waals surface area contributed by atoms with Crippen LogP contribution in [0.15, 0.2) is 0 Å². The smallest absolute Gasteiger partial charge is 0.155 e. The number of rotatable bonds is 4. The van der Waals surface area contributed by atoms with Crippen LogP contribution in [0.3, 0.4) is 0 Å². The Balaban J connectivity index is -0.0000000630. The van der Waals surface area contributed by atoms with Gasteiger partial charge in [-0.3, -0.25) is 19.2 Å². The average molecular weight is 392 g/mol. The van der Waals surface area contributed by atoms with Crippen molar-refractivity contribution in [2.45, 2.75) is 38.4 Å². The van der Waals surface area contributed by atoms with Gasteiger partial charge in [0, 0.05) is 30.7 Å². The fraction of sp³-hybridized carbons (Fsp3) is 0.667. The molecule has 21 heavy (non-hydrogen) atoms. The Morgan fingerprint density at radius 3 is 0.714 bits per heavy atom. The number of alkyl halides is 2. The standard InChI is InChI=1S/2C5H7ClO2.2CH4O.Ni/c2*1-3(7)5(6)4(2)8;2*1-2;/h2*5H,1-2H3;2*2H,1H3;. The zero-order valence-corrected chi connectivity index (χ0v) is 15.3. The average Bonchev–Trinajstić information content (AvgIpc) is 2.41. The minimum absolute atomic E-state index is 0. The van der Waals surface area contributed by atoms with E-state index in [-0.39, 0.29) is 39.6 Å². The fourth-order valence-corrected chi connectivity index (χ4v) is 0.572. The van der Waals surface area contributed by atoms with E-state index in [0.29, 0.717) is 0 Å². The van der Waals surface area contributed by atoms with Gasteiger partial charge in [-0.25, -0.2) is 0 Å². The molecule has 0 aromatic carbocycles. The molecule has 0 rings (SSSR count). The first-order valence-corrected chi connectivity index (χ1v) is 6.17. The van der Waals surface area contributed by atoms with Crippen LogP contribution in [0.1, 0.15) is 27.7 Å². The molecule has 0 aromatic heterocycles. The van der Waals surface area contributed by atoms with Crippen LogP contribution in [-0.4, -0.2) is 58.3 Å². The van der Waals surface area contributed by atoms with Crippen molar-refractivity contribution in [3.05, 3.63) is 0 Å². The largest absolute Gasteiger partial charge is 0.400 e. The van der Waals surface area contributed by atoms with E-state index in [1.54, 1.807) is 0 Å². The maximum atomic E-state index is 10.2. The number of Topliss-reactive ketones (excluding diaryl/α,β-unsaturated/α-hetero) is 4. The summed E-state index contributed by atoms with van der Waals surface area (Å²) in [5.41, 5.74) is 0. The van der Waals surface area contributed by atoms with Crippen LogP contribution in [0.25, 0.3) is 0 Å². The second kappa shape index (κ2) is 22.0. The molecule has 0 atom stereocenters. The van der Waals surface area contributed by atoms with Gasteiger partial charge >= 0.3 is 0 Å². The molecule has 6 nitrogen and oxygen atoms in total. The first-order chi connectivity index (χ1) is 9.11. The molecule has 0 radical (unpaired) electrons. The SMILES string of the molecule is CC(=O)C(Cl)C(C)=O.CC(=O)C(Cl)C(C)=O.CO.CO.[Ni]. The third-order valence-corrected chi connectivity index (χ3v) is 2.66. The summed E-state index contributed by atoms with van der Waals surface area (Å²) in [6.07, 6.45) is 0. The van der Waals surface area contributed by atoms with Gasteiger partial charge in [-0.05, 0) is 27.7 Å². The first-order valence-electron chi connectivity index (χ1n) is 5.30. The van der Waals surface area contributed by atoms with Crippen LogP contribution in [-0.2, 0) is 35.7 Å². The van der Waals surface area contributed by atoms with E-state index in [0.717, 1.165) is 14.2 Å². The molecule has 0 saturated heterocycles. The van der Waals surface area contributed by atoms with Crippen LogP contribution in [0, 0.1) is 0 Å². The third-order valence-electron chi connectivity index (χ3n) is 1.43. The molecule has 0 saturated carbocycles. The Bertz CT molecular complexity index is 252. The summed E-state index contributed by atoms with van der Waals surface area (Å²) in [4.78, 5) is 40.9. The molecular formula is C12H22Cl2NiO6. The fourth-order valence-electron chi connectivity index (χ4n) is 0.572. The Morgan fingerprint density at radius 1 is 0.619 bits per heavy atom. The minimum Gasteiger partial charge on any atom is -0.400 e. The quantitative estimate of drug-likeness (QED) is 0.416. The normalized spacial score (nSPS) is 7.81. The van der Waals surface area contributed by atoms with Gasteiger partial charge in [-0.2, -0.15) is 0 Å². The van der Waals surface area contributed by atoms with E-state index < -0.39 is 10.8 Å². The first kappa shape index (κ1) is 32.6. The number of carbonyl (C=O) groups is 4. The van der Waals surface area contributed by atoms with Crippen molar-refractivity contribution in [1.82, 2.24) is 0 Å². The van der Waals surface area contributed by atoms with Crippen molar-refractivity contribution < 1.29 is 45.9 Å². The second-order valence-electron chi connectivity index (χ2n) is 3.17. The van der Waals surface area contributed by atoms with Gasteiger partial charge in [-0.1, -0.05) is 0 Å². The molecule has 0 spiro atoms. The van der Waals surface area contributed by atoms with E-state index in [1.165, 1.54) is 27.7 Å². The van der Waals surface area contributed by atoms with Gasteiger partial charge < -0.3 is 10.2 Å². The zero-order chi connectivity index (χ0) is 17.5. The van der Waals surface area contributed by atoms with Crippen LogP contribution in [0.5, 0.6) is 0 Å². The molecule has 130 valence electrons. The van der Waals surface area contributed by atoms with Crippen molar-refractivity contribution >= 4 is 46.3 Å². The van der Waals surface area contributed by atoms with Gasteiger partial charge in [0.1, 0.15) is 10.8 Å². The summed E-state index contributed by atoms with van der Waals surface area (Å²) < 4.78 is 0. The van der Waals surface area contributed by atoms with Crippen molar-refractivity contribution in [2.24, 2.45) is 0 Å². The molecule has 0 amide bonds. The topological polar surface area (TPSA) is 109 Å². The second-order valence-corrected chi connectivity index (χ2v) is 4.04. The van der Waals surface area contributed by atoms with Crippen LogP contribution in [0.2, 0.25) is 0 Å².